The second-order valence-electron chi connectivity index (χ2n) is 6.14. The fraction of sp³-hybridized carbons (Fsp3) is 0.333. The molecule has 3 N–H and O–H groups in total. The molecule has 1 aliphatic heterocycles. The number of aromatic amines is 1. The molecule has 9 heteroatoms. The third kappa shape index (κ3) is 4.78. The van der Waals surface area contributed by atoms with E-state index < -0.39 is 17.4 Å². The van der Waals surface area contributed by atoms with Crippen LogP contribution in [0.25, 0.3) is 0 Å². The summed E-state index contributed by atoms with van der Waals surface area (Å²) >= 11 is 4.76. The van der Waals surface area contributed by atoms with E-state index in [-0.39, 0.29) is 23.7 Å². The van der Waals surface area contributed by atoms with Gasteiger partial charge in [0.05, 0.1) is 11.5 Å². The molecule has 142 valence electrons. The Bertz CT molecular complexity index is 914. The van der Waals surface area contributed by atoms with Crippen molar-refractivity contribution in [1.29, 1.82) is 0 Å². The molecule has 1 aromatic heterocycles. The first-order chi connectivity index (χ1) is 13.0. The Hall–Kier alpha value is -2.13. The lowest BCUT2D eigenvalue weighted by atomic mass is 9.92. The highest BCUT2D eigenvalue weighted by molar-refractivity contribution is 9.10. The van der Waals surface area contributed by atoms with E-state index in [0.717, 1.165) is 23.1 Å². The van der Waals surface area contributed by atoms with Crippen LogP contribution in [0.3, 0.4) is 0 Å². The Kier molecular flexibility index (Phi) is 6.33. The van der Waals surface area contributed by atoms with Gasteiger partial charge in [-0.3, -0.25) is 14.4 Å². The number of halogens is 1. The van der Waals surface area contributed by atoms with Gasteiger partial charge < -0.3 is 15.6 Å². The number of hydrogen-bond acceptors (Lipinski definition) is 5. The predicted molar refractivity (Wildman–Crippen MR) is 109 cm³/mol. The Morgan fingerprint density at radius 3 is 2.78 bits per heavy atom. The smallest absolute Gasteiger partial charge is 0.257 e. The van der Waals surface area contributed by atoms with E-state index in [1.165, 1.54) is 11.8 Å². The van der Waals surface area contributed by atoms with E-state index in [9.17, 15) is 14.4 Å². The fourth-order valence-corrected chi connectivity index (χ4v) is 3.93. The second kappa shape index (κ2) is 8.71. The number of nitrogens with zero attached hydrogens (tertiary/aromatic N) is 1. The molecule has 2 heterocycles. The van der Waals surface area contributed by atoms with Gasteiger partial charge in [0.15, 0.2) is 5.16 Å². The second-order valence-corrected chi connectivity index (χ2v) is 8.14. The average molecular weight is 451 g/mol. The lowest BCUT2D eigenvalue weighted by molar-refractivity contribution is -0.123. The van der Waals surface area contributed by atoms with Gasteiger partial charge in [-0.2, -0.15) is 0 Å². The highest BCUT2D eigenvalue weighted by Gasteiger charge is 2.34. The minimum Gasteiger partial charge on any atom is -0.326 e. The number of rotatable bonds is 6. The minimum atomic E-state index is -0.886. The molecule has 0 radical (unpaired) electrons. The molecular formula is C18H19BrN4O3S. The number of hydrogen-bond donors (Lipinski definition) is 3. The van der Waals surface area contributed by atoms with Gasteiger partial charge in [-0.05, 0) is 30.7 Å². The summed E-state index contributed by atoms with van der Waals surface area (Å²) in [6, 6.07) is 7.07. The fourth-order valence-electron chi connectivity index (χ4n) is 2.72. The van der Waals surface area contributed by atoms with Gasteiger partial charge in [-0.15, -0.1) is 0 Å². The van der Waals surface area contributed by atoms with E-state index in [0.29, 0.717) is 10.8 Å². The maximum atomic E-state index is 12.7. The molecule has 7 nitrogen and oxygen atoms in total. The van der Waals surface area contributed by atoms with Crippen LogP contribution in [0.1, 0.15) is 37.7 Å². The van der Waals surface area contributed by atoms with Crippen molar-refractivity contribution in [3.8, 4) is 0 Å². The molecule has 0 saturated heterocycles. The van der Waals surface area contributed by atoms with E-state index in [2.05, 4.69) is 43.5 Å². The summed E-state index contributed by atoms with van der Waals surface area (Å²) in [4.78, 5) is 44.4. The molecule has 1 aliphatic rings. The molecule has 1 atom stereocenters. The first-order valence-corrected chi connectivity index (χ1v) is 10.4. The molecule has 1 unspecified atom stereocenters. The largest absolute Gasteiger partial charge is 0.326 e. The van der Waals surface area contributed by atoms with Gasteiger partial charge in [0.1, 0.15) is 5.82 Å². The first-order valence-electron chi connectivity index (χ1n) is 8.61. The number of fused-ring (bicyclic) bond motifs is 1. The molecular weight excluding hydrogens is 432 g/mol. The Labute approximate surface area is 168 Å². The number of benzene rings is 1. The van der Waals surface area contributed by atoms with Crippen molar-refractivity contribution in [2.75, 3.05) is 16.4 Å². The summed E-state index contributed by atoms with van der Waals surface area (Å²) in [6.45, 7) is 2.08. The molecule has 0 bridgehead atoms. The van der Waals surface area contributed by atoms with Crippen molar-refractivity contribution in [3.05, 3.63) is 44.7 Å². The van der Waals surface area contributed by atoms with E-state index >= 15 is 0 Å². The quantitative estimate of drug-likeness (QED) is 0.355. The van der Waals surface area contributed by atoms with Gasteiger partial charge >= 0.3 is 0 Å². The van der Waals surface area contributed by atoms with Crippen LogP contribution in [-0.2, 0) is 9.59 Å². The molecule has 0 spiro atoms. The zero-order valence-corrected chi connectivity index (χ0v) is 17.1. The van der Waals surface area contributed by atoms with Crippen LogP contribution >= 0.6 is 27.7 Å². The number of H-pyrrole nitrogens is 1. The van der Waals surface area contributed by atoms with E-state index in [1.807, 2.05) is 0 Å². The van der Waals surface area contributed by atoms with Gasteiger partial charge in [-0.1, -0.05) is 41.0 Å². The molecule has 0 fully saturated rings. The number of amides is 2. The molecule has 2 amide bonds. The van der Waals surface area contributed by atoms with Crippen molar-refractivity contribution in [1.82, 2.24) is 9.97 Å². The molecule has 3 rings (SSSR count). The van der Waals surface area contributed by atoms with Gasteiger partial charge in [0, 0.05) is 22.3 Å². The normalized spacial score (nSPS) is 15.8. The number of unbranched alkanes of at least 4 members (excludes halogenated alkanes) is 1. The number of nitrogens with one attached hydrogen (secondary N) is 3. The van der Waals surface area contributed by atoms with Crippen molar-refractivity contribution < 1.29 is 9.59 Å². The Morgan fingerprint density at radius 2 is 2.07 bits per heavy atom. The molecule has 27 heavy (non-hydrogen) atoms. The number of carbonyl (C=O) groups is 2. The highest BCUT2D eigenvalue weighted by atomic mass is 79.9. The number of anilines is 2. The van der Waals surface area contributed by atoms with Crippen LogP contribution in [-0.4, -0.2) is 27.5 Å². The summed E-state index contributed by atoms with van der Waals surface area (Å²) in [7, 11) is 0. The standard InChI is InChI=1S/C18H19BrN4O3S/c1-2-3-8-27-18-22-15-14(17(26)23-18)12(9-13(24)21-15)16(25)20-11-6-4-10(19)5-7-11/h4-7,12H,2-3,8-9H2,1H3,(H,20,25)(H2,21,22,23,24,26). The summed E-state index contributed by atoms with van der Waals surface area (Å²) < 4.78 is 0.886. The molecule has 0 saturated carbocycles. The summed E-state index contributed by atoms with van der Waals surface area (Å²) in [5, 5.41) is 5.82. The lowest BCUT2D eigenvalue weighted by Gasteiger charge is -2.23. The van der Waals surface area contributed by atoms with Crippen LogP contribution < -0.4 is 16.2 Å². The summed E-state index contributed by atoms with van der Waals surface area (Å²) in [5.41, 5.74) is 0.394. The van der Waals surface area contributed by atoms with Gasteiger partial charge in [0.25, 0.3) is 5.56 Å². The summed E-state index contributed by atoms with van der Waals surface area (Å²) in [5.74, 6) is -0.638. The Morgan fingerprint density at radius 1 is 1.33 bits per heavy atom. The van der Waals surface area contributed by atoms with E-state index in [4.69, 9.17) is 0 Å². The van der Waals surface area contributed by atoms with Gasteiger partial charge in [-0.25, -0.2) is 4.98 Å². The molecule has 2 aromatic rings. The third-order valence-electron chi connectivity index (χ3n) is 4.09. The van der Waals surface area contributed by atoms with E-state index in [1.54, 1.807) is 24.3 Å². The maximum absolute atomic E-state index is 12.7. The minimum absolute atomic E-state index is 0.0948. The zero-order valence-electron chi connectivity index (χ0n) is 14.7. The summed E-state index contributed by atoms with van der Waals surface area (Å²) in [6.07, 6.45) is 1.94. The van der Waals surface area contributed by atoms with Crippen LogP contribution in [0.4, 0.5) is 11.5 Å². The topological polar surface area (TPSA) is 104 Å². The molecule has 1 aromatic carbocycles. The van der Waals surface area contributed by atoms with Crippen LogP contribution in [0.15, 0.2) is 38.7 Å². The number of thioether (sulfide) groups is 1. The van der Waals surface area contributed by atoms with Crippen LogP contribution in [0, 0.1) is 0 Å². The van der Waals surface area contributed by atoms with Gasteiger partial charge in [0.2, 0.25) is 11.8 Å². The Balaban J connectivity index is 1.86. The third-order valence-corrected chi connectivity index (χ3v) is 5.58. The first kappa shape index (κ1) is 19.6. The number of carbonyl (C=O) groups excluding carboxylic acids is 2. The van der Waals surface area contributed by atoms with Crippen LogP contribution in [0.2, 0.25) is 0 Å². The van der Waals surface area contributed by atoms with Crippen molar-refractivity contribution in [2.24, 2.45) is 0 Å². The highest BCUT2D eigenvalue weighted by Crippen LogP contribution is 2.30. The van der Waals surface area contributed by atoms with Crippen LogP contribution in [0.5, 0.6) is 0 Å². The average Bonchev–Trinajstić information content (AvgIpc) is 2.63. The lowest BCUT2D eigenvalue weighted by Crippen LogP contribution is -2.36. The SMILES string of the molecule is CCCCSc1nc2c(c(=O)[nH]1)C(C(=O)Nc1ccc(Br)cc1)CC(=O)N2. The van der Waals surface area contributed by atoms with Crippen molar-refractivity contribution in [3.63, 3.8) is 0 Å². The molecule has 0 aliphatic carbocycles. The zero-order chi connectivity index (χ0) is 19.4. The van der Waals surface area contributed by atoms with Crippen molar-refractivity contribution in [2.45, 2.75) is 37.3 Å². The predicted octanol–water partition coefficient (Wildman–Crippen LogP) is 3.49. The maximum Gasteiger partial charge on any atom is 0.257 e. The van der Waals surface area contributed by atoms with Crippen molar-refractivity contribution >= 4 is 51.0 Å². The monoisotopic (exact) mass is 450 g/mol. The number of aromatic nitrogens is 2.